The van der Waals surface area contributed by atoms with Crippen LogP contribution in [0.15, 0.2) is 42.5 Å². The predicted octanol–water partition coefficient (Wildman–Crippen LogP) is 4.09. The van der Waals surface area contributed by atoms with Crippen LogP contribution in [-0.4, -0.2) is 17.1 Å². The smallest absolute Gasteiger partial charge is 0.222 e. The fourth-order valence-electron chi connectivity index (χ4n) is 2.94. The second kappa shape index (κ2) is 8.01. The zero-order chi connectivity index (χ0) is 20.3. The number of nitrogen functional groups attached to an aromatic ring is 2. The SMILES string of the molecule is COc1cc(-c2ccc(C)cc2)cc([C@@H](C)C#Cc2c(C)nc(N)nc2N)c1. The van der Waals surface area contributed by atoms with Crippen molar-refractivity contribution >= 4 is 11.8 Å². The molecule has 28 heavy (non-hydrogen) atoms. The Bertz CT molecular complexity index is 1040. The predicted molar refractivity (Wildman–Crippen MR) is 114 cm³/mol. The zero-order valence-electron chi connectivity index (χ0n) is 16.6. The number of nitrogens with two attached hydrogens (primary N) is 2. The first-order valence-electron chi connectivity index (χ1n) is 9.04. The summed E-state index contributed by atoms with van der Waals surface area (Å²) in [6.45, 7) is 5.95. The highest BCUT2D eigenvalue weighted by molar-refractivity contribution is 5.67. The second-order valence-electron chi connectivity index (χ2n) is 6.78. The Kier molecular flexibility index (Phi) is 5.51. The van der Waals surface area contributed by atoms with Gasteiger partial charge in [0.25, 0.3) is 0 Å². The highest BCUT2D eigenvalue weighted by Gasteiger charge is 2.10. The van der Waals surface area contributed by atoms with Gasteiger partial charge in [0.2, 0.25) is 5.95 Å². The van der Waals surface area contributed by atoms with Crippen LogP contribution in [0.1, 0.15) is 35.2 Å². The van der Waals surface area contributed by atoms with Crippen LogP contribution >= 0.6 is 0 Å². The van der Waals surface area contributed by atoms with Crippen molar-refractivity contribution in [2.24, 2.45) is 0 Å². The maximum Gasteiger partial charge on any atom is 0.222 e. The molecule has 1 aromatic heterocycles. The number of ether oxygens (including phenoxy) is 1. The van der Waals surface area contributed by atoms with Crippen molar-refractivity contribution in [3.8, 4) is 28.7 Å². The average molecular weight is 372 g/mol. The molecule has 4 N–H and O–H groups in total. The highest BCUT2D eigenvalue weighted by atomic mass is 16.5. The molecule has 5 nitrogen and oxygen atoms in total. The van der Waals surface area contributed by atoms with E-state index in [0.717, 1.165) is 22.4 Å². The topological polar surface area (TPSA) is 87.0 Å². The lowest BCUT2D eigenvalue weighted by molar-refractivity contribution is 0.414. The summed E-state index contributed by atoms with van der Waals surface area (Å²) in [6.07, 6.45) is 0. The third-order valence-electron chi connectivity index (χ3n) is 4.60. The fraction of sp³-hybridized carbons (Fsp3) is 0.217. The van der Waals surface area contributed by atoms with E-state index in [9.17, 15) is 0 Å². The number of aryl methyl sites for hydroxylation is 2. The summed E-state index contributed by atoms with van der Waals surface area (Å²) < 4.78 is 5.50. The molecule has 0 radical (unpaired) electrons. The normalized spacial score (nSPS) is 11.4. The van der Waals surface area contributed by atoms with Gasteiger partial charge in [0.05, 0.1) is 18.4 Å². The van der Waals surface area contributed by atoms with Gasteiger partial charge in [0.15, 0.2) is 0 Å². The Morgan fingerprint density at radius 3 is 2.32 bits per heavy atom. The Balaban J connectivity index is 1.98. The molecule has 2 aromatic carbocycles. The molecule has 1 heterocycles. The number of benzene rings is 2. The minimum absolute atomic E-state index is 0.0318. The monoisotopic (exact) mass is 372 g/mol. The molecule has 0 saturated heterocycles. The second-order valence-corrected chi connectivity index (χ2v) is 6.78. The van der Waals surface area contributed by atoms with E-state index in [2.05, 4.69) is 59.1 Å². The number of methoxy groups -OCH3 is 1. The molecular weight excluding hydrogens is 348 g/mol. The minimum atomic E-state index is -0.0318. The molecule has 0 aliphatic carbocycles. The van der Waals surface area contributed by atoms with Crippen LogP contribution in [0.4, 0.5) is 11.8 Å². The lowest BCUT2D eigenvalue weighted by Gasteiger charge is -2.12. The Hall–Kier alpha value is -3.52. The largest absolute Gasteiger partial charge is 0.497 e. The van der Waals surface area contributed by atoms with Crippen molar-refractivity contribution in [3.05, 3.63) is 64.8 Å². The molecule has 0 aliphatic rings. The summed E-state index contributed by atoms with van der Waals surface area (Å²) in [7, 11) is 1.67. The third-order valence-corrected chi connectivity index (χ3v) is 4.60. The van der Waals surface area contributed by atoms with Crippen LogP contribution in [0.5, 0.6) is 5.75 Å². The molecule has 3 aromatic rings. The van der Waals surface area contributed by atoms with E-state index in [1.165, 1.54) is 5.56 Å². The van der Waals surface area contributed by atoms with Gasteiger partial charge in [-0.2, -0.15) is 4.98 Å². The molecule has 0 amide bonds. The quantitative estimate of drug-likeness (QED) is 0.676. The van der Waals surface area contributed by atoms with Crippen LogP contribution in [-0.2, 0) is 0 Å². The Morgan fingerprint density at radius 2 is 1.68 bits per heavy atom. The molecule has 3 rings (SSSR count). The van der Waals surface area contributed by atoms with Crippen molar-refractivity contribution in [3.63, 3.8) is 0 Å². The number of rotatable bonds is 3. The van der Waals surface area contributed by atoms with Crippen molar-refractivity contribution in [2.75, 3.05) is 18.6 Å². The van der Waals surface area contributed by atoms with Gasteiger partial charge in [0, 0.05) is 5.92 Å². The standard InChI is InChI=1S/C23H24N4O/c1-14-5-8-17(9-6-14)19-11-18(12-20(13-19)28-4)15(2)7-10-21-16(3)26-23(25)27-22(21)24/h5-6,8-9,11-13,15H,1-4H3,(H4,24,25,26,27)/t15-/m0/s1. The van der Waals surface area contributed by atoms with Gasteiger partial charge >= 0.3 is 0 Å². The first kappa shape index (κ1) is 19.2. The fourth-order valence-corrected chi connectivity index (χ4v) is 2.94. The van der Waals surface area contributed by atoms with Crippen LogP contribution in [0.25, 0.3) is 11.1 Å². The molecule has 0 spiro atoms. The number of aromatic nitrogens is 2. The van der Waals surface area contributed by atoms with E-state index >= 15 is 0 Å². The summed E-state index contributed by atoms with van der Waals surface area (Å²) in [5, 5.41) is 0. The molecule has 0 saturated carbocycles. The summed E-state index contributed by atoms with van der Waals surface area (Å²) in [5.41, 5.74) is 17.4. The molecule has 1 atom stereocenters. The molecule has 142 valence electrons. The van der Waals surface area contributed by atoms with Gasteiger partial charge in [-0.15, -0.1) is 0 Å². The van der Waals surface area contributed by atoms with Crippen molar-refractivity contribution in [2.45, 2.75) is 26.7 Å². The number of anilines is 2. The van der Waals surface area contributed by atoms with E-state index in [4.69, 9.17) is 16.2 Å². The Labute approximate surface area is 165 Å². The van der Waals surface area contributed by atoms with Gasteiger partial charge in [0.1, 0.15) is 11.6 Å². The molecule has 0 fully saturated rings. The van der Waals surface area contributed by atoms with E-state index in [1.54, 1.807) is 7.11 Å². The third kappa shape index (κ3) is 4.24. The first-order chi connectivity index (χ1) is 13.4. The van der Waals surface area contributed by atoms with Crippen molar-refractivity contribution < 1.29 is 4.74 Å². The number of hydrogen-bond acceptors (Lipinski definition) is 5. The molecule has 0 aliphatic heterocycles. The van der Waals surface area contributed by atoms with Crippen molar-refractivity contribution in [1.29, 1.82) is 0 Å². The van der Waals surface area contributed by atoms with Gasteiger partial charge < -0.3 is 16.2 Å². The summed E-state index contributed by atoms with van der Waals surface area (Å²) in [6, 6.07) is 14.6. The maximum absolute atomic E-state index is 5.95. The average Bonchev–Trinajstić information content (AvgIpc) is 2.67. The van der Waals surface area contributed by atoms with Gasteiger partial charge in [-0.05, 0) is 55.7 Å². The molecule has 5 heteroatoms. The first-order valence-corrected chi connectivity index (χ1v) is 9.04. The van der Waals surface area contributed by atoms with E-state index in [1.807, 2.05) is 26.0 Å². The maximum atomic E-state index is 5.95. The summed E-state index contributed by atoms with van der Waals surface area (Å²) >= 11 is 0. The van der Waals surface area contributed by atoms with Crippen LogP contribution in [0.2, 0.25) is 0 Å². The lowest BCUT2D eigenvalue weighted by atomic mass is 9.95. The summed E-state index contributed by atoms with van der Waals surface area (Å²) in [4.78, 5) is 8.13. The number of nitrogens with zero attached hydrogens (tertiary/aromatic N) is 2. The molecular formula is C23H24N4O. The van der Waals surface area contributed by atoms with Crippen LogP contribution < -0.4 is 16.2 Å². The Morgan fingerprint density at radius 1 is 0.964 bits per heavy atom. The highest BCUT2D eigenvalue weighted by Crippen LogP contribution is 2.29. The van der Waals surface area contributed by atoms with Gasteiger partial charge in [-0.3, -0.25) is 0 Å². The van der Waals surface area contributed by atoms with Crippen LogP contribution in [0.3, 0.4) is 0 Å². The van der Waals surface area contributed by atoms with E-state index < -0.39 is 0 Å². The van der Waals surface area contributed by atoms with Crippen LogP contribution in [0, 0.1) is 25.7 Å². The van der Waals surface area contributed by atoms with E-state index in [0.29, 0.717) is 17.1 Å². The van der Waals surface area contributed by atoms with Gasteiger partial charge in [-0.1, -0.05) is 41.7 Å². The zero-order valence-corrected chi connectivity index (χ0v) is 16.6. The molecule has 0 unspecified atom stereocenters. The minimum Gasteiger partial charge on any atom is -0.497 e. The summed E-state index contributed by atoms with van der Waals surface area (Å²) in [5.74, 6) is 7.59. The lowest BCUT2D eigenvalue weighted by Crippen LogP contribution is -2.05. The van der Waals surface area contributed by atoms with E-state index in [-0.39, 0.29) is 11.9 Å². The number of hydrogen-bond donors (Lipinski definition) is 2. The molecule has 0 bridgehead atoms. The van der Waals surface area contributed by atoms with Gasteiger partial charge in [-0.25, -0.2) is 4.98 Å². The van der Waals surface area contributed by atoms with Crippen molar-refractivity contribution in [1.82, 2.24) is 9.97 Å².